The van der Waals surface area contributed by atoms with Crippen molar-refractivity contribution in [1.82, 2.24) is 5.32 Å². The normalized spacial score (nSPS) is 25.6. The molecule has 1 saturated heterocycles. The second kappa shape index (κ2) is 5.11. The predicted molar refractivity (Wildman–Crippen MR) is 62.7 cm³/mol. The number of aliphatic hydroxyl groups excluding tert-OH is 1. The number of ether oxygens (including phenoxy) is 2. The van der Waals surface area contributed by atoms with Crippen LogP contribution in [0.25, 0.3) is 0 Å². The molecule has 2 atom stereocenters. The van der Waals surface area contributed by atoms with E-state index in [1.54, 1.807) is 20.8 Å². The minimum Gasteiger partial charge on any atom is -0.444 e. The van der Waals surface area contributed by atoms with Crippen molar-refractivity contribution in [2.45, 2.75) is 44.4 Å². The number of alkyl carbamates (subject to hydrolysis) is 1. The number of aliphatic hydroxyl groups is 1. The van der Waals surface area contributed by atoms with Gasteiger partial charge in [0.25, 0.3) is 0 Å². The standard InChI is InChI=1S/C11H20N2O5/c1-10(2,3)18-9(16)13-11(4-5-17-6-11)7(14)8(12)15/h7,14H,4-6H2,1-3H3,(H2,12,15)(H,13,16). The maximum atomic E-state index is 11.7. The Bertz CT molecular complexity index is 331. The van der Waals surface area contributed by atoms with E-state index in [0.717, 1.165) is 0 Å². The van der Waals surface area contributed by atoms with Crippen LogP contribution in [0.15, 0.2) is 0 Å². The van der Waals surface area contributed by atoms with E-state index in [2.05, 4.69) is 5.32 Å². The second-order valence-electron chi connectivity index (χ2n) is 5.39. The summed E-state index contributed by atoms with van der Waals surface area (Å²) in [6.45, 7) is 5.51. The first-order chi connectivity index (χ1) is 8.16. The van der Waals surface area contributed by atoms with Crippen molar-refractivity contribution in [2.24, 2.45) is 5.73 Å². The fourth-order valence-electron chi connectivity index (χ4n) is 1.74. The number of amides is 2. The van der Waals surface area contributed by atoms with Crippen LogP contribution in [0.1, 0.15) is 27.2 Å². The van der Waals surface area contributed by atoms with Crippen molar-refractivity contribution in [1.29, 1.82) is 0 Å². The Hall–Kier alpha value is -1.34. The molecule has 1 fully saturated rings. The van der Waals surface area contributed by atoms with Crippen LogP contribution >= 0.6 is 0 Å². The Balaban J connectivity index is 2.75. The number of nitrogens with two attached hydrogens (primary N) is 1. The third-order valence-electron chi connectivity index (χ3n) is 2.59. The summed E-state index contributed by atoms with van der Waals surface area (Å²) >= 11 is 0. The van der Waals surface area contributed by atoms with Crippen LogP contribution in [-0.4, -0.2) is 47.6 Å². The van der Waals surface area contributed by atoms with Crippen molar-refractivity contribution in [3.8, 4) is 0 Å². The van der Waals surface area contributed by atoms with E-state index in [1.165, 1.54) is 0 Å². The Kier molecular flexibility index (Phi) is 4.18. The topological polar surface area (TPSA) is 111 Å². The largest absolute Gasteiger partial charge is 0.444 e. The average Bonchev–Trinajstić information content (AvgIpc) is 2.62. The van der Waals surface area contributed by atoms with Gasteiger partial charge in [-0.3, -0.25) is 4.79 Å². The smallest absolute Gasteiger partial charge is 0.408 e. The number of hydrogen-bond donors (Lipinski definition) is 3. The lowest BCUT2D eigenvalue weighted by Gasteiger charge is -2.32. The molecule has 7 heteroatoms. The third kappa shape index (κ3) is 3.58. The molecule has 0 radical (unpaired) electrons. The van der Waals surface area contributed by atoms with Crippen molar-refractivity contribution in [2.75, 3.05) is 13.2 Å². The van der Waals surface area contributed by atoms with Gasteiger partial charge >= 0.3 is 6.09 Å². The van der Waals surface area contributed by atoms with E-state index in [9.17, 15) is 14.7 Å². The Labute approximate surface area is 106 Å². The zero-order valence-electron chi connectivity index (χ0n) is 10.9. The van der Waals surface area contributed by atoms with Crippen molar-refractivity contribution in [3.63, 3.8) is 0 Å². The van der Waals surface area contributed by atoms with Crippen molar-refractivity contribution in [3.05, 3.63) is 0 Å². The number of carbonyl (C=O) groups is 2. The predicted octanol–water partition coefficient (Wildman–Crippen LogP) is -0.484. The highest BCUT2D eigenvalue weighted by atomic mass is 16.6. The van der Waals surface area contributed by atoms with Gasteiger partial charge < -0.3 is 25.6 Å². The summed E-state index contributed by atoms with van der Waals surface area (Å²) in [7, 11) is 0. The zero-order chi connectivity index (χ0) is 14.0. The highest BCUT2D eigenvalue weighted by molar-refractivity contribution is 5.81. The highest BCUT2D eigenvalue weighted by Gasteiger charge is 2.46. The minimum atomic E-state index is -1.51. The number of rotatable bonds is 3. The SMILES string of the molecule is CC(C)(C)OC(=O)NC1(C(O)C(N)=O)CCOC1. The lowest BCUT2D eigenvalue weighted by atomic mass is 9.91. The van der Waals surface area contributed by atoms with E-state index in [4.69, 9.17) is 15.2 Å². The van der Waals surface area contributed by atoms with Crippen LogP contribution in [-0.2, 0) is 14.3 Å². The van der Waals surface area contributed by atoms with Crippen LogP contribution in [0, 0.1) is 0 Å². The second-order valence-corrected chi connectivity index (χ2v) is 5.39. The summed E-state index contributed by atoms with van der Waals surface area (Å²) in [5.74, 6) is -0.906. The van der Waals surface area contributed by atoms with Gasteiger partial charge in [0.05, 0.1) is 6.61 Å². The number of nitrogens with one attached hydrogen (secondary N) is 1. The van der Waals surface area contributed by atoms with Crippen LogP contribution in [0.4, 0.5) is 4.79 Å². The molecule has 1 aliphatic rings. The molecule has 7 nitrogen and oxygen atoms in total. The minimum absolute atomic E-state index is 0.0242. The van der Waals surface area contributed by atoms with Crippen LogP contribution in [0.3, 0.4) is 0 Å². The maximum absolute atomic E-state index is 11.7. The Morgan fingerprint density at radius 2 is 2.11 bits per heavy atom. The third-order valence-corrected chi connectivity index (χ3v) is 2.59. The fraction of sp³-hybridized carbons (Fsp3) is 0.818. The van der Waals surface area contributed by atoms with Gasteiger partial charge in [0.15, 0.2) is 6.10 Å². The number of carbonyl (C=O) groups excluding carboxylic acids is 2. The van der Waals surface area contributed by atoms with Gasteiger partial charge in [0, 0.05) is 6.61 Å². The van der Waals surface area contributed by atoms with Gasteiger partial charge in [-0.15, -0.1) is 0 Å². The van der Waals surface area contributed by atoms with E-state index in [1.807, 2.05) is 0 Å². The molecule has 1 rings (SSSR count). The molecule has 0 aromatic heterocycles. The molecule has 1 heterocycles. The molecule has 2 amide bonds. The van der Waals surface area contributed by atoms with Crippen molar-refractivity contribution < 1.29 is 24.2 Å². The molecular formula is C11H20N2O5. The van der Waals surface area contributed by atoms with E-state index in [0.29, 0.717) is 13.0 Å². The quantitative estimate of drug-likeness (QED) is 0.634. The number of primary amides is 1. The lowest BCUT2D eigenvalue weighted by Crippen LogP contribution is -2.61. The lowest BCUT2D eigenvalue weighted by molar-refractivity contribution is -0.130. The molecular weight excluding hydrogens is 240 g/mol. The molecule has 0 bridgehead atoms. The Morgan fingerprint density at radius 1 is 1.50 bits per heavy atom. The van der Waals surface area contributed by atoms with Crippen LogP contribution in [0.2, 0.25) is 0 Å². The van der Waals surface area contributed by atoms with Crippen LogP contribution < -0.4 is 11.1 Å². The summed E-state index contributed by atoms with van der Waals surface area (Å²) in [6.07, 6.45) is -1.92. The van der Waals surface area contributed by atoms with E-state index in [-0.39, 0.29) is 6.61 Å². The molecule has 0 saturated carbocycles. The van der Waals surface area contributed by atoms with Crippen molar-refractivity contribution >= 4 is 12.0 Å². The van der Waals surface area contributed by atoms with Gasteiger partial charge in [-0.2, -0.15) is 0 Å². The summed E-state index contributed by atoms with van der Waals surface area (Å²) in [5.41, 5.74) is 3.20. The van der Waals surface area contributed by atoms with Gasteiger partial charge in [-0.25, -0.2) is 4.79 Å². The van der Waals surface area contributed by atoms with Gasteiger partial charge in [0.1, 0.15) is 11.1 Å². The zero-order valence-corrected chi connectivity index (χ0v) is 10.9. The monoisotopic (exact) mass is 260 g/mol. The van der Waals surface area contributed by atoms with E-state index >= 15 is 0 Å². The molecule has 0 aliphatic carbocycles. The first kappa shape index (κ1) is 14.7. The number of hydrogen-bond acceptors (Lipinski definition) is 5. The molecule has 0 aromatic rings. The molecule has 18 heavy (non-hydrogen) atoms. The van der Waals surface area contributed by atoms with Gasteiger partial charge in [-0.05, 0) is 27.2 Å². The highest BCUT2D eigenvalue weighted by Crippen LogP contribution is 2.23. The van der Waals surface area contributed by atoms with Gasteiger partial charge in [-0.1, -0.05) is 0 Å². The van der Waals surface area contributed by atoms with Crippen LogP contribution in [0.5, 0.6) is 0 Å². The average molecular weight is 260 g/mol. The summed E-state index contributed by atoms with van der Waals surface area (Å²) in [5, 5.41) is 12.3. The Morgan fingerprint density at radius 3 is 2.50 bits per heavy atom. The molecule has 4 N–H and O–H groups in total. The first-order valence-electron chi connectivity index (χ1n) is 5.73. The maximum Gasteiger partial charge on any atom is 0.408 e. The summed E-state index contributed by atoms with van der Waals surface area (Å²) < 4.78 is 10.2. The van der Waals surface area contributed by atoms with E-state index < -0.39 is 29.2 Å². The summed E-state index contributed by atoms with van der Waals surface area (Å²) in [6, 6.07) is 0. The molecule has 104 valence electrons. The fourth-order valence-corrected chi connectivity index (χ4v) is 1.74. The summed E-state index contributed by atoms with van der Waals surface area (Å²) in [4.78, 5) is 22.8. The molecule has 2 unspecified atom stereocenters. The first-order valence-corrected chi connectivity index (χ1v) is 5.73. The van der Waals surface area contributed by atoms with Gasteiger partial charge in [0.2, 0.25) is 5.91 Å². The molecule has 0 aromatic carbocycles. The molecule has 1 aliphatic heterocycles. The molecule has 0 spiro atoms.